The minimum absolute atomic E-state index is 0.0111. The third-order valence-electron chi connectivity index (χ3n) is 6.18. The molecule has 9 heteroatoms. The molecule has 1 aliphatic heterocycles. The SMILES string of the molecule is COCc1cc(-c2ccc(F)c(C)c2)nn1CC(=O)N1CCN(c2cc(OC)cc[n+]2C)CC1. The molecular weight excluding hydrogens is 437 g/mol. The van der Waals surface area contributed by atoms with E-state index in [1.807, 2.05) is 36.3 Å². The Morgan fingerprint density at radius 2 is 1.88 bits per heavy atom. The van der Waals surface area contributed by atoms with Crippen molar-refractivity contribution in [1.29, 1.82) is 0 Å². The number of aromatic nitrogens is 3. The summed E-state index contributed by atoms with van der Waals surface area (Å²) in [7, 11) is 5.27. The quantitative estimate of drug-likeness (QED) is 0.498. The number of hydrogen-bond acceptors (Lipinski definition) is 5. The monoisotopic (exact) mass is 468 g/mol. The first kappa shape index (κ1) is 23.7. The van der Waals surface area contributed by atoms with Crippen molar-refractivity contribution in [2.45, 2.75) is 20.1 Å². The van der Waals surface area contributed by atoms with E-state index in [1.54, 1.807) is 38.0 Å². The molecule has 0 aliphatic carbocycles. The van der Waals surface area contributed by atoms with Gasteiger partial charge < -0.3 is 14.4 Å². The highest BCUT2D eigenvalue weighted by molar-refractivity contribution is 5.76. The molecule has 180 valence electrons. The number of aryl methyl sites for hydroxylation is 2. The lowest BCUT2D eigenvalue weighted by molar-refractivity contribution is -0.659. The molecule has 0 saturated carbocycles. The molecule has 1 aliphatic rings. The molecule has 0 N–H and O–H groups in total. The topological polar surface area (TPSA) is 63.7 Å². The van der Waals surface area contributed by atoms with E-state index in [9.17, 15) is 9.18 Å². The zero-order valence-corrected chi connectivity index (χ0v) is 20.1. The highest BCUT2D eigenvalue weighted by Crippen LogP contribution is 2.23. The van der Waals surface area contributed by atoms with Crippen molar-refractivity contribution in [3.63, 3.8) is 0 Å². The van der Waals surface area contributed by atoms with Gasteiger partial charge in [0, 0.05) is 18.7 Å². The molecule has 1 fully saturated rings. The molecule has 8 nitrogen and oxygen atoms in total. The van der Waals surface area contributed by atoms with Crippen LogP contribution in [0, 0.1) is 12.7 Å². The van der Waals surface area contributed by atoms with Crippen molar-refractivity contribution in [3.05, 3.63) is 59.7 Å². The van der Waals surface area contributed by atoms with E-state index < -0.39 is 0 Å². The lowest BCUT2D eigenvalue weighted by Crippen LogP contribution is -2.52. The Morgan fingerprint density at radius 3 is 2.56 bits per heavy atom. The second-order valence-electron chi connectivity index (χ2n) is 8.48. The van der Waals surface area contributed by atoms with Crippen LogP contribution in [-0.2, 0) is 29.7 Å². The maximum Gasteiger partial charge on any atom is 0.280 e. The average molecular weight is 469 g/mol. The molecule has 3 aromatic rings. The van der Waals surface area contributed by atoms with Crippen LogP contribution in [0.4, 0.5) is 10.2 Å². The maximum atomic E-state index is 13.7. The predicted octanol–water partition coefficient (Wildman–Crippen LogP) is 2.33. The number of piperazine rings is 1. The van der Waals surface area contributed by atoms with E-state index in [0.29, 0.717) is 31.0 Å². The molecule has 0 spiro atoms. The third kappa shape index (κ3) is 5.04. The first-order chi connectivity index (χ1) is 16.4. The normalized spacial score (nSPS) is 13.9. The molecular formula is C25H31FN5O3+. The first-order valence-corrected chi connectivity index (χ1v) is 11.3. The molecule has 0 bridgehead atoms. The van der Waals surface area contributed by atoms with Gasteiger partial charge in [-0.15, -0.1) is 0 Å². The van der Waals surface area contributed by atoms with Crippen LogP contribution in [-0.4, -0.2) is 61.0 Å². The molecule has 1 amide bonds. The smallest absolute Gasteiger partial charge is 0.280 e. The van der Waals surface area contributed by atoms with Gasteiger partial charge in [-0.3, -0.25) is 14.4 Å². The Morgan fingerprint density at radius 1 is 1.12 bits per heavy atom. The van der Waals surface area contributed by atoms with E-state index in [2.05, 4.69) is 14.6 Å². The highest BCUT2D eigenvalue weighted by atomic mass is 19.1. The van der Waals surface area contributed by atoms with Gasteiger partial charge in [-0.05, 0) is 36.8 Å². The summed E-state index contributed by atoms with van der Waals surface area (Å²) >= 11 is 0. The summed E-state index contributed by atoms with van der Waals surface area (Å²) in [6, 6.07) is 10.7. The summed E-state index contributed by atoms with van der Waals surface area (Å²) in [4.78, 5) is 17.2. The van der Waals surface area contributed by atoms with Gasteiger partial charge in [-0.1, -0.05) is 0 Å². The molecule has 4 rings (SSSR count). The Labute approximate surface area is 199 Å². The molecule has 1 aromatic carbocycles. The van der Waals surface area contributed by atoms with Crippen LogP contribution < -0.4 is 14.2 Å². The van der Waals surface area contributed by atoms with Crippen molar-refractivity contribution in [2.24, 2.45) is 7.05 Å². The number of carbonyl (C=O) groups excluding carboxylic acids is 1. The molecule has 1 saturated heterocycles. The Bertz CT molecular complexity index is 1170. The fraction of sp³-hybridized carbons (Fsp3) is 0.400. The van der Waals surface area contributed by atoms with E-state index in [-0.39, 0.29) is 18.3 Å². The Hall–Kier alpha value is -3.46. The number of rotatable bonds is 7. The molecule has 0 atom stereocenters. The number of halogens is 1. The van der Waals surface area contributed by atoms with Crippen LogP contribution in [0.25, 0.3) is 11.3 Å². The van der Waals surface area contributed by atoms with Crippen LogP contribution in [0.1, 0.15) is 11.3 Å². The molecule has 3 heterocycles. The van der Waals surface area contributed by atoms with Crippen molar-refractivity contribution < 1.29 is 23.2 Å². The minimum Gasteiger partial charge on any atom is -0.496 e. The van der Waals surface area contributed by atoms with E-state index in [1.165, 1.54) is 6.07 Å². The lowest BCUT2D eigenvalue weighted by Gasteiger charge is -2.31. The van der Waals surface area contributed by atoms with Gasteiger partial charge in [-0.2, -0.15) is 5.10 Å². The van der Waals surface area contributed by atoms with Crippen LogP contribution in [0.15, 0.2) is 42.6 Å². The van der Waals surface area contributed by atoms with E-state index >= 15 is 0 Å². The zero-order valence-electron chi connectivity index (χ0n) is 20.1. The van der Waals surface area contributed by atoms with Gasteiger partial charge in [0.1, 0.15) is 31.2 Å². The van der Waals surface area contributed by atoms with Crippen LogP contribution >= 0.6 is 0 Å². The van der Waals surface area contributed by atoms with Crippen molar-refractivity contribution in [2.75, 3.05) is 45.3 Å². The van der Waals surface area contributed by atoms with Crippen molar-refractivity contribution in [1.82, 2.24) is 14.7 Å². The standard InChI is InChI=1S/C25H31FN5O3/c1-18-13-19(5-6-22(18)26)23-14-20(17-33-3)31(27-23)16-25(32)30-11-9-29(10-12-30)24-15-21(34-4)7-8-28(24)2/h5-8,13-15H,9-12,16-17H2,1-4H3/q+1. The second-order valence-corrected chi connectivity index (χ2v) is 8.48. The number of anilines is 1. The largest absolute Gasteiger partial charge is 0.496 e. The third-order valence-corrected chi connectivity index (χ3v) is 6.18. The molecule has 0 unspecified atom stereocenters. The number of nitrogens with zero attached hydrogens (tertiary/aromatic N) is 5. The summed E-state index contributed by atoms with van der Waals surface area (Å²) in [5.74, 6) is 1.62. The van der Waals surface area contributed by atoms with Gasteiger partial charge in [-0.25, -0.2) is 8.96 Å². The fourth-order valence-electron chi connectivity index (χ4n) is 4.19. The number of methoxy groups -OCH3 is 2. The number of hydrogen-bond donors (Lipinski definition) is 0. The highest BCUT2D eigenvalue weighted by Gasteiger charge is 2.28. The van der Waals surface area contributed by atoms with Gasteiger partial charge in [0.2, 0.25) is 5.91 Å². The van der Waals surface area contributed by atoms with Crippen molar-refractivity contribution >= 4 is 11.7 Å². The van der Waals surface area contributed by atoms with Crippen LogP contribution in [0.5, 0.6) is 5.75 Å². The van der Waals surface area contributed by atoms with Gasteiger partial charge in [0.15, 0.2) is 0 Å². The second kappa shape index (κ2) is 10.2. The average Bonchev–Trinajstić information content (AvgIpc) is 3.23. The lowest BCUT2D eigenvalue weighted by atomic mass is 10.1. The number of amides is 1. The number of pyridine rings is 1. The summed E-state index contributed by atoms with van der Waals surface area (Å²) < 4.78 is 28.1. The van der Waals surface area contributed by atoms with Gasteiger partial charge >= 0.3 is 0 Å². The maximum absolute atomic E-state index is 13.7. The van der Waals surface area contributed by atoms with Gasteiger partial charge in [0.25, 0.3) is 5.82 Å². The Kier molecular flexibility index (Phi) is 7.12. The van der Waals surface area contributed by atoms with Crippen LogP contribution in [0.3, 0.4) is 0 Å². The van der Waals surface area contributed by atoms with Gasteiger partial charge in [0.05, 0.1) is 57.5 Å². The van der Waals surface area contributed by atoms with Crippen LogP contribution in [0.2, 0.25) is 0 Å². The summed E-state index contributed by atoms with van der Waals surface area (Å²) in [5, 5.41) is 4.64. The van der Waals surface area contributed by atoms with E-state index in [4.69, 9.17) is 9.47 Å². The number of carbonyl (C=O) groups is 1. The molecule has 0 radical (unpaired) electrons. The van der Waals surface area contributed by atoms with Crippen molar-refractivity contribution in [3.8, 4) is 17.0 Å². The fourth-order valence-corrected chi connectivity index (χ4v) is 4.19. The molecule has 34 heavy (non-hydrogen) atoms. The summed E-state index contributed by atoms with van der Waals surface area (Å²) in [6.45, 7) is 4.91. The summed E-state index contributed by atoms with van der Waals surface area (Å²) in [5.41, 5.74) is 2.86. The minimum atomic E-state index is -0.253. The van der Waals surface area contributed by atoms with E-state index in [0.717, 1.165) is 35.9 Å². The number of benzene rings is 1. The zero-order chi connectivity index (χ0) is 24.2. The predicted molar refractivity (Wildman–Crippen MR) is 126 cm³/mol. The summed E-state index contributed by atoms with van der Waals surface area (Å²) in [6.07, 6.45) is 1.97. The Balaban J connectivity index is 1.45. The molecule has 2 aromatic heterocycles. The first-order valence-electron chi connectivity index (χ1n) is 11.3. The number of ether oxygens (including phenoxy) is 2.